The van der Waals surface area contributed by atoms with Crippen molar-refractivity contribution < 1.29 is 13.9 Å². The molecule has 14 heavy (non-hydrogen) atoms. The summed E-state index contributed by atoms with van der Waals surface area (Å²) in [6.45, 7) is -1.23. The average molecular weight is 309 g/mol. The van der Waals surface area contributed by atoms with Crippen molar-refractivity contribution in [2.45, 2.75) is 12.0 Å². The van der Waals surface area contributed by atoms with E-state index >= 15 is 0 Å². The second-order valence-corrected chi connectivity index (χ2v) is 4.42. The van der Waals surface area contributed by atoms with Crippen molar-refractivity contribution in [1.29, 1.82) is 0 Å². The molecule has 0 spiro atoms. The Hall–Kier alpha value is 0.250. The van der Waals surface area contributed by atoms with Crippen molar-refractivity contribution >= 4 is 39.7 Å². The van der Waals surface area contributed by atoms with E-state index in [0.717, 1.165) is 15.8 Å². The third-order valence-electron chi connectivity index (χ3n) is 1.56. The van der Waals surface area contributed by atoms with Gasteiger partial charge in [-0.25, -0.2) is 8.78 Å². The van der Waals surface area contributed by atoms with Crippen LogP contribution in [0.4, 0.5) is 8.78 Å². The van der Waals surface area contributed by atoms with Crippen LogP contribution in [0.1, 0.15) is 10.9 Å². The molecule has 1 aromatic heterocycles. The van der Waals surface area contributed by atoms with Crippen LogP contribution in [-0.4, -0.2) is 17.6 Å². The van der Waals surface area contributed by atoms with E-state index in [2.05, 4.69) is 15.9 Å². The zero-order valence-corrected chi connectivity index (χ0v) is 10.1. The maximum absolute atomic E-state index is 12.9. The number of aliphatic hydroxyl groups is 1. The molecule has 7 heteroatoms. The standard InChI is InChI=1S/C7H8BrF2NOS.ClH/c8-4-1-5(13-2-4)6(11)7(9,10)3-12;/h1-2,6,12H,3,11H2;1H/t6-;/m1./s1. The second kappa shape index (κ2) is 5.37. The zero-order chi connectivity index (χ0) is 10.1. The number of hydrogen-bond acceptors (Lipinski definition) is 3. The summed E-state index contributed by atoms with van der Waals surface area (Å²) in [6, 6.07) is 0.0904. The SMILES string of the molecule is Cl.N[C@H](c1cc(Br)cs1)C(F)(F)CO. The van der Waals surface area contributed by atoms with Gasteiger partial charge in [0.05, 0.1) is 0 Å². The van der Waals surface area contributed by atoms with Crippen molar-refractivity contribution in [3.05, 3.63) is 20.8 Å². The van der Waals surface area contributed by atoms with E-state index in [-0.39, 0.29) is 12.4 Å². The maximum Gasteiger partial charge on any atom is 0.290 e. The Morgan fingerprint density at radius 1 is 1.64 bits per heavy atom. The first-order chi connectivity index (χ1) is 5.97. The predicted octanol–water partition coefficient (Wildman–Crippen LogP) is 2.56. The molecule has 0 radical (unpaired) electrons. The Bertz CT molecular complexity index is 297. The average Bonchev–Trinajstić information content (AvgIpc) is 2.50. The van der Waals surface area contributed by atoms with Crippen LogP contribution in [0.5, 0.6) is 0 Å². The van der Waals surface area contributed by atoms with Crippen molar-refractivity contribution in [2.75, 3.05) is 6.61 Å². The van der Waals surface area contributed by atoms with Crippen LogP contribution in [0.3, 0.4) is 0 Å². The molecule has 0 aliphatic heterocycles. The monoisotopic (exact) mass is 307 g/mol. The molecule has 2 nitrogen and oxygen atoms in total. The highest BCUT2D eigenvalue weighted by Crippen LogP contribution is 2.33. The number of rotatable bonds is 3. The van der Waals surface area contributed by atoms with E-state index in [4.69, 9.17) is 10.8 Å². The first kappa shape index (κ1) is 14.2. The Kier molecular flexibility index (Phi) is 5.46. The van der Waals surface area contributed by atoms with Crippen LogP contribution in [0, 0.1) is 0 Å². The molecule has 0 aliphatic carbocycles. The number of thiophene rings is 1. The lowest BCUT2D eigenvalue weighted by Gasteiger charge is -2.19. The van der Waals surface area contributed by atoms with Gasteiger partial charge < -0.3 is 10.8 Å². The van der Waals surface area contributed by atoms with Crippen molar-refractivity contribution in [3.8, 4) is 0 Å². The molecule has 0 unspecified atom stereocenters. The number of nitrogens with two attached hydrogens (primary N) is 1. The van der Waals surface area contributed by atoms with Gasteiger partial charge in [0, 0.05) is 14.7 Å². The van der Waals surface area contributed by atoms with E-state index in [1.807, 2.05) is 0 Å². The van der Waals surface area contributed by atoms with Gasteiger partial charge in [0.15, 0.2) is 0 Å². The van der Waals surface area contributed by atoms with Gasteiger partial charge in [-0.05, 0) is 22.0 Å². The largest absolute Gasteiger partial charge is 0.390 e. The van der Waals surface area contributed by atoms with Crippen LogP contribution in [0.2, 0.25) is 0 Å². The van der Waals surface area contributed by atoms with Crippen LogP contribution in [0.25, 0.3) is 0 Å². The quantitative estimate of drug-likeness (QED) is 0.901. The third-order valence-corrected chi connectivity index (χ3v) is 3.34. The Balaban J connectivity index is 0.00000169. The summed E-state index contributed by atoms with van der Waals surface area (Å²) in [5, 5.41) is 10.1. The van der Waals surface area contributed by atoms with Crippen molar-refractivity contribution in [3.63, 3.8) is 0 Å². The summed E-state index contributed by atoms with van der Waals surface area (Å²) in [6.07, 6.45) is 0. The van der Waals surface area contributed by atoms with Crippen LogP contribution in [-0.2, 0) is 0 Å². The van der Waals surface area contributed by atoms with Gasteiger partial charge in [-0.15, -0.1) is 23.7 Å². The number of alkyl halides is 2. The van der Waals surface area contributed by atoms with E-state index < -0.39 is 18.6 Å². The van der Waals surface area contributed by atoms with Crippen LogP contribution >= 0.6 is 39.7 Å². The molecular weight excluding hydrogens is 300 g/mol. The highest BCUT2D eigenvalue weighted by atomic mass is 79.9. The van der Waals surface area contributed by atoms with E-state index in [1.165, 1.54) is 6.07 Å². The summed E-state index contributed by atoms with van der Waals surface area (Å²) < 4.78 is 26.4. The molecular formula is C7H9BrClF2NOS. The van der Waals surface area contributed by atoms with Crippen molar-refractivity contribution in [2.24, 2.45) is 5.73 Å². The van der Waals surface area contributed by atoms with Crippen LogP contribution < -0.4 is 5.73 Å². The zero-order valence-electron chi connectivity index (χ0n) is 6.91. The first-order valence-electron chi connectivity index (χ1n) is 3.45. The third kappa shape index (κ3) is 3.13. The fourth-order valence-electron chi connectivity index (χ4n) is 0.798. The molecule has 0 saturated heterocycles. The Morgan fingerprint density at radius 2 is 2.21 bits per heavy atom. The fourth-order valence-corrected chi connectivity index (χ4v) is 2.31. The topological polar surface area (TPSA) is 46.2 Å². The summed E-state index contributed by atoms with van der Waals surface area (Å²) in [5.41, 5.74) is 5.28. The van der Waals surface area contributed by atoms with Gasteiger partial charge in [0.2, 0.25) is 0 Å². The molecule has 0 bridgehead atoms. The molecule has 1 aromatic rings. The molecule has 1 heterocycles. The Labute approximate surface area is 98.7 Å². The predicted molar refractivity (Wildman–Crippen MR) is 58.2 cm³/mol. The molecule has 0 aromatic carbocycles. The van der Waals surface area contributed by atoms with Gasteiger partial charge in [0.1, 0.15) is 12.6 Å². The van der Waals surface area contributed by atoms with Gasteiger partial charge in [-0.2, -0.15) is 0 Å². The molecule has 0 amide bonds. The highest BCUT2D eigenvalue weighted by Gasteiger charge is 2.38. The molecule has 1 rings (SSSR count). The molecule has 0 aliphatic rings. The minimum Gasteiger partial charge on any atom is -0.390 e. The van der Waals surface area contributed by atoms with Crippen LogP contribution in [0.15, 0.2) is 15.9 Å². The summed E-state index contributed by atoms with van der Waals surface area (Å²) in [5.74, 6) is -3.26. The van der Waals surface area contributed by atoms with Gasteiger partial charge in [0.25, 0.3) is 5.92 Å². The summed E-state index contributed by atoms with van der Waals surface area (Å²) >= 11 is 4.27. The van der Waals surface area contributed by atoms with Crippen molar-refractivity contribution in [1.82, 2.24) is 0 Å². The maximum atomic E-state index is 12.9. The van der Waals surface area contributed by atoms with Gasteiger partial charge >= 0.3 is 0 Å². The summed E-state index contributed by atoms with van der Waals surface area (Å²) in [4.78, 5) is 0.353. The lowest BCUT2D eigenvalue weighted by Crippen LogP contribution is -2.35. The number of hydrogen-bond donors (Lipinski definition) is 2. The first-order valence-corrected chi connectivity index (χ1v) is 5.13. The molecule has 0 saturated carbocycles. The highest BCUT2D eigenvalue weighted by molar-refractivity contribution is 9.10. The lowest BCUT2D eigenvalue weighted by molar-refractivity contribution is -0.0703. The summed E-state index contributed by atoms with van der Waals surface area (Å²) in [7, 11) is 0. The second-order valence-electron chi connectivity index (χ2n) is 2.56. The normalized spacial score (nSPS) is 13.5. The lowest BCUT2D eigenvalue weighted by atomic mass is 10.1. The Morgan fingerprint density at radius 3 is 2.57 bits per heavy atom. The fraction of sp³-hybridized carbons (Fsp3) is 0.429. The molecule has 0 fully saturated rings. The van der Waals surface area contributed by atoms with E-state index in [0.29, 0.717) is 4.88 Å². The molecule has 3 N–H and O–H groups in total. The van der Waals surface area contributed by atoms with Gasteiger partial charge in [-0.1, -0.05) is 0 Å². The number of aliphatic hydroxyl groups excluding tert-OH is 1. The molecule has 82 valence electrons. The minimum atomic E-state index is -3.26. The smallest absolute Gasteiger partial charge is 0.290 e. The number of halogens is 4. The molecule has 1 atom stereocenters. The van der Waals surface area contributed by atoms with E-state index in [9.17, 15) is 8.78 Å². The van der Waals surface area contributed by atoms with E-state index in [1.54, 1.807) is 5.38 Å². The minimum absolute atomic E-state index is 0. The van der Waals surface area contributed by atoms with Gasteiger partial charge in [-0.3, -0.25) is 0 Å².